The number of nitrogens with zero attached hydrogens (tertiary/aromatic N) is 4. The first-order valence-corrected chi connectivity index (χ1v) is 21.4. The summed E-state index contributed by atoms with van der Waals surface area (Å²) in [5.74, 6) is -1.27. The van der Waals surface area contributed by atoms with E-state index in [1.54, 1.807) is 61.2 Å². The number of nitrogens with one attached hydrogen (secondary N) is 3. The number of likely N-dealkylation sites (tertiary alicyclic amines) is 1. The first-order valence-electron chi connectivity index (χ1n) is 20.6. The fourth-order valence-electron chi connectivity index (χ4n) is 7.58. The highest BCUT2D eigenvalue weighted by atomic mass is 35.5. The van der Waals surface area contributed by atoms with Gasteiger partial charge in [0.05, 0.1) is 49.0 Å². The molecular formula is C46H57Cl2N7O7. The van der Waals surface area contributed by atoms with E-state index in [2.05, 4.69) is 30.4 Å². The van der Waals surface area contributed by atoms with Gasteiger partial charge in [-0.1, -0.05) is 53.6 Å². The number of aliphatic hydroxyl groups is 1. The molecule has 5 N–H and O–H groups in total. The molecule has 4 atom stereocenters. The van der Waals surface area contributed by atoms with E-state index in [-0.39, 0.29) is 31.8 Å². The number of amides is 3. The Bertz CT molecular complexity index is 2200. The average Bonchev–Trinajstić information content (AvgIpc) is 3.59. The highest BCUT2D eigenvalue weighted by molar-refractivity contribution is 6.31. The molecule has 1 saturated heterocycles. The summed E-state index contributed by atoms with van der Waals surface area (Å²) in [6.45, 7) is 4.20. The fourth-order valence-corrected chi connectivity index (χ4v) is 7.86. The van der Waals surface area contributed by atoms with Crippen LogP contribution in [-0.4, -0.2) is 105 Å². The lowest BCUT2D eigenvalue weighted by molar-refractivity contribution is -0.146. The monoisotopic (exact) mass is 889 g/mol. The second-order valence-electron chi connectivity index (χ2n) is 16.1. The molecule has 0 spiro atoms. The third-order valence-corrected chi connectivity index (χ3v) is 11.4. The van der Waals surface area contributed by atoms with E-state index < -0.39 is 47.9 Å². The van der Waals surface area contributed by atoms with Crippen LogP contribution >= 0.6 is 23.2 Å². The first kappa shape index (κ1) is 47.8. The number of imidazole rings is 1. The van der Waals surface area contributed by atoms with Gasteiger partial charge in [0.15, 0.2) is 0 Å². The average molecular weight is 891 g/mol. The molecule has 3 aromatic carbocycles. The van der Waals surface area contributed by atoms with Crippen LogP contribution in [0, 0.1) is 5.92 Å². The van der Waals surface area contributed by atoms with Gasteiger partial charge in [0, 0.05) is 47.9 Å². The van der Waals surface area contributed by atoms with E-state index in [0.29, 0.717) is 53.9 Å². The Morgan fingerprint density at radius 3 is 2.39 bits per heavy atom. The Balaban J connectivity index is 1.24. The van der Waals surface area contributed by atoms with Crippen molar-refractivity contribution in [1.29, 1.82) is 0 Å². The number of aliphatic carboxylic acids is 1. The lowest BCUT2D eigenvalue weighted by Gasteiger charge is -2.45. The van der Waals surface area contributed by atoms with Gasteiger partial charge in [-0.2, -0.15) is 0 Å². The molecule has 332 valence electrons. The topological polar surface area (TPSA) is 178 Å². The summed E-state index contributed by atoms with van der Waals surface area (Å²) in [7, 11) is 5.99. The van der Waals surface area contributed by atoms with Crippen molar-refractivity contribution in [1.82, 2.24) is 35.3 Å². The Labute approximate surface area is 373 Å². The number of allylic oxidation sites excluding steroid dienone is 2. The van der Waals surface area contributed by atoms with Crippen LogP contribution in [0.15, 0.2) is 85.1 Å². The van der Waals surface area contributed by atoms with E-state index >= 15 is 0 Å². The van der Waals surface area contributed by atoms with Crippen molar-refractivity contribution in [2.45, 2.75) is 76.7 Å². The van der Waals surface area contributed by atoms with Crippen molar-refractivity contribution >= 4 is 46.9 Å². The summed E-state index contributed by atoms with van der Waals surface area (Å²) in [4.78, 5) is 61.2. The largest absolute Gasteiger partial charge is 0.481 e. The molecule has 2 heterocycles. The number of rotatable bonds is 20. The maximum atomic E-state index is 14.0. The SMILES string of the molecule is C/C=C/CC(CC(=O)O)C(=O)N1CCC[C@](Cc2ccc(Cl)cc2)(NC(=O)C(CO)NC(=O)C(C)NCc2ccc(Cl)cc2Oc2ccc(-c3cnc(CN(C)C)n3C)cc2)C1. The summed E-state index contributed by atoms with van der Waals surface area (Å²) in [5.41, 5.74) is 2.54. The molecule has 0 bridgehead atoms. The smallest absolute Gasteiger partial charge is 0.304 e. The molecule has 3 unspecified atom stereocenters. The molecule has 62 heavy (non-hydrogen) atoms. The lowest BCUT2D eigenvalue weighted by Crippen LogP contribution is -2.65. The van der Waals surface area contributed by atoms with E-state index in [1.165, 1.54) is 0 Å². The standard InChI is InChI=1S/C46H57Cl2N7O7/c1-6-7-9-33(22-42(57)58)45(61)55-21-8-20-46(29-55,24-31-10-15-35(47)16-11-31)52-44(60)38(28-56)51-43(59)30(2)49-25-34-12-17-36(48)23-40(34)62-37-18-13-32(14-19-37)39-26-50-41(54(39)5)27-53(3)4/h6-7,10-19,23,26,30,33,38,49,56H,8-9,20-22,24-25,27-29H2,1-5H3,(H,51,59)(H,52,60)(H,57,58)/b7-6+/t30?,33?,38?,46-/m1/s1. The zero-order valence-electron chi connectivity index (χ0n) is 35.9. The van der Waals surface area contributed by atoms with Gasteiger partial charge in [-0.25, -0.2) is 4.98 Å². The van der Waals surface area contributed by atoms with Gasteiger partial charge in [0.1, 0.15) is 23.4 Å². The predicted octanol–water partition coefficient (Wildman–Crippen LogP) is 5.98. The third-order valence-electron chi connectivity index (χ3n) is 10.9. The fraction of sp³-hybridized carbons (Fsp3) is 0.413. The zero-order valence-corrected chi connectivity index (χ0v) is 37.4. The molecule has 4 aromatic rings. The van der Waals surface area contributed by atoms with E-state index in [1.807, 2.05) is 63.7 Å². The molecule has 1 aliphatic heterocycles. The van der Waals surface area contributed by atoms with E-state index in [4.69, 9.17) is 27.9 Å². The van der Waals surface area contributed by atoms with Crippen molar-refractivity contribution in [2.24, 2.45) is 13.0 Å². The number of ether oxygens (including phenoxy) is 1. The van der Waals surface area contributed by atoms with Crippen LogP contribution in [0.1, 0.15) is 56.5 Å². The van der Waals surface area contributed by atoms with Crippen molar-refractivity contribution in [2.75, 3.05) is 33.8 Å². The molecule has 14 nitrogen and oxygen atoms in total. The van der Waals surface area contributed by atoms with Crippen molar-refractivity contribution < 1.29 is 34.1 Å². The van der Waals surface area contributed by atoms with Gasteiger partial charge < -0.3 is 45.3 Å². The van der Waals surface area contributed by atoms with Crippen LogP contribution in [-0.2, 0) is 45.7 Å². The van der Waals surface area contributed by atoms with Gasteiger partial charge >= 0.3 is 5.97 Å². The highest BCUT2D eigenvalue weighted by Crippen LogP contribution is 2.32. The maximum absolute atomic E-state index is 14.0. The van der Waals surface area contributed by atoms with Gasteiger partial charge in [-0.15, -0.1) is 0 Å². The number of aromatic nitrogens is 2. The number of piperidine rings is 1. The van der Waals surface area contributed by atoms with Crippen LogP contribution in [0.4, 0.5) is 0 Å². The number of hydrogen-bond donors (Lipinski definition) is 5. The Morgan fingerprint density at radius 1 is 1.02 bits per heavy atom. The van der Waals surface area contributed by atoms with Crippen LogP contribution in [0.5, 0.6) is 11.5 Å². The third kappa shape index (κ3) is 13.1. The number of halogens is 2. The molecule has 0 aliphatic carbocycles. The Morgan fingerprint density at radius 2 is 1.73 bits per heavy atom. The minimum absolute atomic E-state index is 0.105. The molecule has 3 amide bonds. The van der Waals surface area contributed by atoms with Crippen LogP contribution < -0.4 is 20.7 Å². The quantitative estimate of drug-likeness (QED) is 0.0664. The van der Waals surface area contributed by atoms with E-state index in [0.717, 1.165) is 28.2 Å². The van der Waals surface area contributed by atoms with Crippen LogP contribution in [0.3, 0.4) is 0 Å². The van der Waals surface area contributed by atoms with Gasteiger partial charge in [0.2, 0.25) is 17.7 Å². The molecule has 1 aliphatic rings. The molecular weight excluding hydrogens is 833 g/mol. The van der Waals surface area contributed by atoms with Gasteiger partial charge in [-0.05, 0) is 108 Å². The van der Waals surface area contributed by atoms with E-state index in [9.17, 15) is 29.4 Å². The summed E-state index contributed by atoms with van der Waals surface area (Å²) < 4.78 is 8.34. The molecule has 1 aromatic heterocycles. The summed E-state index contributed by atoms with van der Waals surface area (Å²) in [6.07, 6.45) is 6.69. The second kappa shape index (κ2) is 22.2. The number of carbonyl (C=O) groups excluding carboxylic acids is 3. The Kier molecular flexibility index (Phi) is 17.1. The van der Waals surface area contributed by atoms with Crippen molar-refractivity contribution in [3.05, 3.63) is 112 Å². The number of carbonyl (C=O) groups is 4. The number of carboxylic acid groups (broad SMARTS) is 1. The molecule has 16 heteroatoms. The zero-order chi connectivity index (χ0) is 45.0. The molecule has 0 saturated carbocycles. The highest BCUT2D eigenvalue weighted by Gasteiger charge is 2.41. The number of hydrogen-bond acceptors (Lipinski definition) is 9. The maximum Gasteiger partial charge on any atom is 0.304 e. The number of carboxylic acids is 1. The van der Waals surface area contributed by atoms with Crippen molar-refractivity contribution in [3.8, 4) is 22.8 Å². The Hall–Kier alpha value is -5.25. The number of benzene rings is 3. The second-order valence-corrected chi connectivity index (χ2v) is 17.0. The predicted molar refractivity (Wildman–Crippen MR) is 240 cm³/mol. The molecule has 0 radical (unpaired) electrons. The van der Waals surface area contributed by atoms with Crippen molar-refractivity contribution in [3.63, 3.8) is 0 Å². The van der Waals surface area contributed by atoms with Gasteiger partial charge in [-0.3, -0.25) is 19.2 Å². The summed E-state index contributed by atoms with van der Waals surface area (Å²) in [6, 6.07) is 17.9. The molecule has 1 fully saturated rings. The minimum Gasteiger partial charge on any atom is -0.481 e. The van der Waals surface area contributed by atoms with Crippen LogP contribution in [0.2, 0.25) is 10.0 Å². The normalized spacial score (nSPS) is 16.8. The van der Waals surface area contributed by atoms with Crippen LogP contribution in [0.25, 0.3) is 11.3 Å². The minimum atomic E-state index is -1.31. The first-order chi connectivity index (χ1) is 29.6. The van der Waals surface area contributed by atoms with Gasteiger partial charge in [0.25, 0.3) is 0 Å². The molecule has 5 rings (SSSR count). The summed E-state index contributed by atoms with van der Waals surface area (Å²) in [5, 5.41) is 29.9. The summed E-state index contributed by atoms with van der Waals surface area (Å²) >= 11 is 12.5. The lowest BCUT2D eigenvalue weighted by atomic mass is 9.82. The number of aliphatic hydroxyl groups excluding tert-OH is 1.